The molecule has 40 heavy (non-hydrogen) atoms. The molecule has 0 heterocycles. The predicted molar refractivity (Wildman–Crippen MR) is 131 cm³/mol. The number of ether oxygens (including phenoxy) is 2. The average molecular weight is 570 g/mol. The van der Waals surface area contributed by atoms with Gasteiger partial charge < -0.3 is 19.7 Å². The molecule has 12 heteroatoms. The van der Waals surface area contributed by atoms with E-state index in [1.54, 1.807) is 0 Å². The Morgan fingerprint density at radius 3 is 1.85 bits per heavy atom. The van der Waals surface area contributed by atoms with Crippen molar-refractivity contribution in [3.05, 3.63) is 82.4 Å². The van der Waals surface area contributed by atoms with E-state index in [-0.39, 0.29) is 22.4 Å². The molecule has 0 aliphatic carbocycles. The van der Waals surface area contributed by atoms with Gasteiger partial charge in [0, 0.05) is 5.56 Å². The maximum atomic E-state index is 13.5. The van der Waals surface area contributed by atoms with Gasteiger partial charge in [0.1, 0.15) is 29.3 Å². The Kier molecular flexibility index (Phi) is 8.42. The summed E-state index contributed by atoms with van der Waals surface area (Å²) < 4.78 is 91.2. The van der Waals surface area contributed by atoms with Gasteiger partial charge in [0.2, 0.25) is 0 Å². The van der Waals surface area contributed by atoms with Crippen LogP contribution in [0.15, 0.2) is 54.6 Å². The largest absolute Gasteiger partial charge is 0.506 e. The molecule has 0 bridgehead atoms. The number of aliphatic carboxylic acids is 1. The summed E-state index contributed by atoms with van der Waals surface area (Å²) in [5.74, 6) is -3.73. The van der Waals surface area contributed by atoms with Crippen LogP contribution in [0.4, 0.5) is 26.3 Å². The third-order valence-electron chi connectivity index (χ3n) is 5.51. The first-order chi connectivity index (χ1) is 18.4. The van der Waals surface area contributed by atoms with Crippen LogP contribution in [-0.2, 0) is 34.9 Å². The van der Waals surface area contributed by atoms with E-state index >= 15 is 0 Å². The van der Waals surface area contributed by atoms with Crippen molar-refractivity contribution < 1.29 is 55.6 Å². The van der Waals surface area contributed by atoms with E-state index in [4.69, 9.17) is 14.6 Å². The third-order valence-corrected chi connectivity index (χ3v) is 5.51. The van der Waals surface area contributed by atoms with Crippen molar-refractivity contribution in [2.45, 2.75) is 51.8 Å². The first-order valence-corrected chi connectivity index (χ1v) is 11.7. The smallest absolute Gasteiger partial charge is 0.419 e. The number of carbonyl (C=O) groups excluding carboxylic acids is 1. The van der Waals surface area contributed by atoms with Crippen LogP contribution in [0.5, 0.6) is 11.5 Å². The Bertz CT molecular complexity index is 1400. The minimum absolute atomic E-state index is 0.0901. The highest BCUT2D eigenvalue weighted by Gasteiger charge is 2.38. The van der Waals surface area contributed by atoms with Crippen molar-refractivity contribution in [1.29, 1.82) is 0 Å². The summed E-state index contributed by atoms with van der Waals surface area (Å²) in [6.45, 7) is 4.07. The second-order valence-corrected chi connectivity index (χ2v) is 9.75. The first-order valence-electron chi connectivity index (χ1n) is 11.7. The molecule has 0 fully saturated rings. The molecule has 0 aliphatic rings. The van der Waals surface area contributed by atoms with Crippen molar-refractivity contribution in [1.82, 2.24) is 0 Å². The Morgan fingerprint density at radius 1 is 0.775 bits per heavy atom. The van der Waals surface area contributed by atoms with Crippen LogP contribution in [0.1, 0.15) is 53.4 Å². The van der Waals surface area contributed by atoms with Gasteiger partial charge in [-0.3, -0.25) is 4.79 Å². The monoisotopic (exact) mass is 570 g/mol. The molecule has 3 aromatic carbocycles. The molecule has 0 aromatic heterocycles. The molecular formula is C28H24F6O6. The van der Waals surface area contributed by atoms with Crippen molar-refractivity contribution in [2.24, 2.45) is 0 Å². The summed E-state index contributed by atoms with van der Waals surface area (Å²) in [6.07, 6.45) is -10.5. The van der Waals surface area contributed by atoms with E-state index in [2.05, 4.69) is 0 Å². The van der Waals surface area contributed by atoms with Crippen molar-refractivity contribution in [3.8, 4) is 22.6 Å². The first kappa shape index (κ1) is 30.3. The molecule has 0 unspecified atom stereocenters. The van der Waals surface area contributed by atoms with Crippen molar-refractivity contribution >= 4 is 11.9 Å². The highest BCUT2D eigenvalue weighted by atomic mass is 19.4. The average Bonchev–Trinajstić information content (AvgIpc) is 2.80. The molecule has 0 radical (unpaired) electrons. The molecule has 3 rings (SSSR count). The quantitative estimate of drug-likeness (QED) is 0.230. The van der Waals surface area contributed by atoms with Crippen LogP contribution in [-0.4, -0.2) is 27.8 Å². The SMILES string of the molecule is CC(C)(C)OC(=O)c1c(COc2ccc(-c3ccc(CC(=O)O)c(C(F)(F)F)c3)cc2)ccc(C(F)(F)F)c1O. The van der Waals surface area contributed by atoms with Crippen LogP contribution in [0.2, 0.25) is 0 Å². The molecule has 0 atom stereocenters. The molecule has 0 spiro atoms. The molecule has 0 saturated heterocycles. The van der Waals surface area contributed by atoms with E-state index in [0.717, 1.165) is 18.2 Å². The molecule has 214 valence electrons. The minimum atomic E-state index is -4.94. The van der Waals surface area contributed by atoms with Crippen LogP contribution in [0, 0.1) is 0 Å². The number of carboxylic acids is 1. The summed E-state index contributed by atoms with van der Waals surface area (Å²) in [5, 5.41) is 19.2. The molecule has 0 aliphatic heterocycles. The molecule has 0 amide bonds. The summed E-state index contributed by atoms with van der Waals surface area (Å²) in [5.41, 5.74) is -4.24. The van der Waals surface area contributed by atoms with Crippen LogP contribution in [0.3, 0.4) is 0 Å². The zero-order valence-corrected chi connectivity index (χ0v) is 21.4. The minimum Gasteiger partial charge on any atom is -0.506 e. The Balaban J connectivity index is 1.88. The molecule has 2 N–H and O–H groups in total. The zero-order valence-electron chi connectivity index (χ0n) is 21.4. The number of rotatable bonds is 7. The number of hydrogen-bond donors (Lipinski definition) is 2. The summed E-state index contributed by atoms with van der Waals surface area (Å²) >= 11 is 0. The Morgan fingerprint density at radius 2 is 1.32 bits per heavy atom. The highest BCUT2D eigenvalue weighted by molar-refractivity contribution is 5.95. The number of esters is 1. The van der Waals surface area contributed by atoms with Gasteiger partial charge in [-0.2, -0.15) is 26.3 Å². The lowest BCUT2D eigenvalue weighted by atomic mass is 9.97. The van der Waals surface area contributed by atoms with Crippen LogP contribution >= 0.6 is 0 Å². The number of alkyl halides is 6. The normalized spacial score (nSPS) is 12.2. The topological polar surface area (TPSA) is 93.1 Å². The summed E-state index contributed by atoms with van der Waals surface area (Å²) in [7, 11) is 0. The summed E-state index contributed by atoms with van der Waals surface area (Å²) in [4.78, 5) is 23.6. The predicted octanol–water partition coefficient (Wildman–Crippen LogP) is 7.26. The molecule has 0 saturated carbocycles. The van der Waals surface area contributed by atoms with Gasteiger partial charge in [-0.25, -0.2) is 4.79 Å². The fourth-order valence-corrected chi connectivity index (χ4v) is 3.78. The number of carboxylic acid groups (broad SMARTS) is 1. The van der Waals surface area contributed by atoms with Crippen molar-refractivity contribution in [3.63, 3.8) is 0 Å². The van der Waals surface area contributed by atoms with Gasteiger partial charge in [-0.05, 0) is 61.7 Å². The number of phenols is 1. The zero-order chi connectivity index (χ0) is 30.0. The highest BCUT2D eigenvalue weighted by Crippen LogP contribution is 2.40. The van der Waals surface area contributed by atoms with E-state index in [0.29, 0.717) is 11.6 Å². The van der Waals surface area contributed by atoms with E-state index in [1.807, 2.05) is 0 Å². The van der Waals surface area contributed by atoms with E-state index in [9.17, 15) is 41.0 Å². The van der Waals surface area contributed by atoms with Crippen molar-refractivity contribution in [2.75, 3.05) is 0 Å². The standard InChI is InChI=1S/C28H24F6O6/c1-26(2,3)40-25(38)23-18(8-11-20(24(23)37)27(29,30)31)14-39-19-9-6-15(7-10-19)16-4-5-17(13-22(35)36)21(12-16)28(32,33)34/h4-12,37H,13-14H2,1-3H3,(H,35,36). The van der Waals surface area contributed by atoms with Gasteiger partial charge >= 0.3 is 24.3 Å². The second kappa shape index (κ2) is 11.1. The number of carbonyl (C=O) groups is 2. The van der Waals surface area contributed by atoms with E-state index < -0.39 is 65.4 Å². The van der Waals surface area contributed by atoms with Gasteiger partial charge in [0.05, 0.1) is 17.5 Å². The second-order valence-electron chi connectivity index (χ2n) is 9.75. The maximum absolute atomic E-state index is 13.5. The number of aromatic hydroxyl groups is 1. The van der Waals surface area contributed by atoms with E-state index in [1.165, 1.54) is 51.1 Å². The molecule has 6 nitrogen and oxygen atoms in total. The van der Waals surface area contributed by atoms with Gasteiger partial charge in [0.15, 0.2) is 0 Å². The van der Waals surface area contributed by atoms with Gasteiger partial charge in [-0.1, -0.05) is 30.3 Å². The Labute approximate surface area is 224 Å². The lowest BCUT2D eigenvalue weighted by Gasteiger charge is -2.22. The van der Waals surface area contributed by atoms with Crippen LogP contribution in [0.25, 0.3) is 11.1 Å². The fraction of sp³-hybridized carbons (Fsp3) is 0.286. The Hall–Kier alpha value is -4.22. The molecular weight excluding hydrogens is 546 g/mol. The number of halogens is 6. The number of hydrogen-bond acceptors (Lipinski definition) is 5. The van der Waals surface area contributed by atoms with Gasteiger partial charge in [0.25, 0.3) is 0 Å². The number of benzene rings is 3. The van der Waals surface area contributed by atoms with Gasteiger partial charge in [-0.15, -0.1) is 0 Å². The summed E-state index contributed by atoms with van der Waals surface area (Å²) in [6, 6.07) is 10.5. The fourth-order valence-electron chi connectivity index (χ4n) is 3.78. The number of phenolic OH excluding ortho intramolecular Hbond substituents is 1. The van der Waals surface area contributed by atoms with Crippen LogP contribution < -0.4 is 4.74 Å². The maximum Gasteiger partial charge on any atom is 0.419 e. The lowest BCUT2D eigenvalue weighted by Crippen LogP contribution is -2.25. The third kappa shape index (κ3) is 7.45. The molecule has 3 aromatic rings. The lowest BCUT2D eigenvalue weighted by molar-refractivity contribution is -0.140.